The van der Waals surface area contributed by atoms with Crippen molar-refractivity contribution in [3.05, 3.63) is 35.9 Å². The molecule has 0 bridgehead atoms. The molecule has 0 aliphatic heterocycles. The third-order valence-electron chi connectivity index (χ3n) is 2.13. The van der Waals surface area contributed by atoms with E-state index in [1.54, 1.807) is 21.8 Å². The summed E-state index contributed by atoms with van der Waals surface area (Å²) in [5, 5.41) is 7.85. The Morgan fingerprint density at radius 1 is 1.11 bits per heavy atom. The molecule has 18 heavy (non-hydrogen) atoms. The molecule has 0 saturated heterocycles. The highest BCUT2D eigenvalue weighted by Gasteiger charge is 1.90. The van der Waals surface area contributed by atoms with Crippen LogP contribution in [0.2, 0.25) is 0 Å². The zero-order valence-electron chi connectivity index (χ0n) is 11.7. The van der Waals surface area contributed by atoms with Crippen LogP contribution in [0.1, 0.15) is 25.1 Å². The Kier molecular flexibility index (Phi) is 8.51. The average Bonchev–Trinajstić information content (AvgIpc) is 3.00. The topological polar surface area (TPSA) is 87.7 Å². The van der Waals surface area contributed by atoms with E-state index in [-0.39, 0.29) is 0 Å². The molecule has 4 N–H and O–H groups in total. The van der Waals surface area contributed by atoms with Crippen molar-refractivity contribution < 1.29 is 0 Å². The number of nitrogens with zero attached hydrogens (tertiary/aromatic N) is 4. The van der Waals surface area contributed by atoms with E-state index in [0.717, 1.165) is 11.3 Å². The maximum absolute atomic E-state index is 5.33. The highest BCUT2D eigenvalue weighted by molar-refractivity contribution is 5.01. The Morgan fingerprint density at radius 2 is 1.78 bits per heavy atom. The predicted molar refractivity (Wildman–Crippen MR) is 73.5 cm³/mol. The van der Waals surface area contributed by atoms with Gasteiger partial charge in [-0.3, -0.25) is 9.36 Å². The van der Waals surface area contributed by atoms with Gasteiger partial charge in [0.2, 0.25) is 0 Å². The van der Waals surface area contributed by atoms with E-state index in [4.69, 9.17) is 11.5 Å². The first kappa shape index (κ1) is 16.3. The lowest BCUT2D eigenvalue weighted by atomic mass is 10.4. The molecule has 0 atom stereocenters. The maximum atomic E-state index is 5.33. The second-order valence-electron chi connectivity index (χ2n) is 3.38. The molecular formula is C12H24N6. The first-order chi connectivity index (χ1) is 8.67. The Labute approximate surface area is 109 Å². The first-order valence-electron chi connectivity index (χ1n) is 6.02. The number of rotatable bonds is 2. The number of nitrogens with two attached hydrogens (primary N) is 2. The van der Waals surface area contributed by atoms with Crippen molar-refractivity contribution in [3.8, 4) is 0 Å². The van der Waals surface area contributed by atoms with Gasteiger partial charge in [-0.05, 0) is 6.07 Å². The highest BCUT2D eigenvalue weighted by atomic mass is 15.3. The minimum Gasteiger partial charge on any atom is -0.326 e. The quantitative estimate of drug-likeness (QED) is 0.827. The second-order valence-corrected chi connectivity index (χ2v) is 3.38. The average molecular weight is 252 g/mol. The Morgan fingerprint density at radius 3 is 2.00 bits per heavy atom. The van der Waals surface area contributed by atoms with Crippen LogP contribution in [0.4, 0.5) is 0 Å². The van der Waals surface area contributed by atoms with Gasteiger partial charge in [-0.15, -0.1) is 0 Å². The van der Waals surface area contributed by atoms with E-state index in [9.17, 15) is 0 Å². The van der Waals surface area contributed by atoms with Crippen LogP contribution in [0.3, 0.4) is 0 Å². The number of aryl methyl sites for hydroxylation is 2. The van der Waals surface area contributed by atoms with Crippen molar-refractivity contribution in [2.45, 2.75) is 26.9 Å². The van der Waals surface area contributed by atoms with Gasteiger partial charge in [0, 0.05) is 45.1 Å². The van der Waals surface area contributed by atoms with Gasteiger partial charge in [-0.25, -0.2) is 0 Å². The van der Waals surface area contributed by atoms with Crippen molar-refractivity contribution >= 4 is 0 Å². The molecule has 2 aromatic rings. The van der Waals surface area contributed by atoms with Crippen LogP contribution in [0, 0.1) is 0 Å². The van der Waals surface area contributed by atoms with E-state index in [1.807, 2.05) is 40.2 Å². The predicted octanol–water partition coefficient (Wildman–Crippen LogP) is 0.784. The molecule has 102 valence electrons. The van der Waals surface area contributed by atoms with E-state index in [0.29, 0.717) is 13.1 Å². The van der Waals surface area contributed by atoms with Gasteiger partial charge in [-0.2, -0.15) is 10.2 Å². The van der Waals surface area contributed by atoms with E-state index >= 15 is 0 Å². The number of hydrogen-bond donors (Lipinski definition) is 2. The van der Waals surface area contributed by atoms with Gasteiger partial charge in [0.15, 0.2) is 0 Å². The van der Waals surface area contributed by atoms with E-state index in [2.05, 4.69) is 10.2 Å². The van der Waals surface area contributed by atoms with E-state index in [1.165, 1.54) is 0 Å². The summed E-state index contributed by atoms with van der Waals surface area (Å²) in [6, 6.07) is 1.90. The van der Waals surface area contributed by atoms with Gasteiger partial charge in [0.05, 0.1) is 11.9 Å². The molecule has 0 aliphatic rings. The number of aromatic nitrogens is 4. The summed E-state index contributed by atoms with van der Waals surface area (Å²) in [6.07, 6.45) is 5.40. The molecule has 2 rings (SSSR count). The summed E-state index contributed by atoms with van der Waals surface area (Å²) in [5.41, 5.74) is 12.8. The van der Waals surface area contributed by atoms with Crippen molar-refractivity contribution in [1.29, 1.82) is 0 Å². The molecule has 0 aromatic carbocycles. The Balaban J connectivity index is 0.000000283. The smallest absolute Gasteiger partial charge is 0.0534 e. The van der Waals surface area contributed by atoms with Crippen LogP contribution in [0.15, 0.2) is 24.7 Å². The normalized spacial score (nSPS) is 9.00. The zero-order valence-corrected chi connectivity index (χ0v) is 11.7. The molecular weight excluding hydrogens is 228 g/mol. The van der Waals surface area contributed by atoms with Crippen LogP contribution < -0.4 is 11.5 Å². The molecule has 0 fully saturated rings. The SMILES string of the molecule is CC.Cn1cc(CN)cn1.Cn1nccc1CN. The van der Waals surface area contributed by atoms with Crippen LogP contribution in [0.5, 0.6) is 0 Å². The fourth-order valence-electron chi connectivity index (χ4n) is 1.18. The summed E-state index contributed by atoms with van der Waals surface area (Å²) < 4.78 is 3.50. The molecule has 6 nitrogen and oxygen atoms in total. The standard InChI is InChI=1S/2C5H9N3.C2H6/c1-8-4-5(2-6)3-7-8;1-8-5(4-6)2-3-7-8;1-2/h3-4H,2,6H2,1H3;2-3H,4,6H2,1H3;1-2H3. The summed E-state index contributed by atoms with van der Waals surface area (Å²) in [5.74, 6) is 0. The summed E-state index contributed by atoms with van der Waals surface area (Å²) in [4.78, 5) is 0. The third-order valence-corrected chi connectivity index (χ3v) is 2.13. The van der Waals surface area contributed by atoms with Gasteiger partial charge in [0.25, 0.3) is 0 Å². The fraction of sp³-hybridized carbons (Fsp3) is 0.500. The number of hydrogen-bond acceptors (Lipinski definition) is 4. The molecule has 6 heteroatoms. The maximum Gasteiger partial charge on any atom is 0.0534 e. The van der Waals surface area contributed by atoms with Crippen molar-refractivity contribution in [2.75, 3.05) is 0 Å². The molecule has 0 unspecified atom stereocenters. The van der Waals surface area contributed by atoms with Gasteiger partial charge in [0.1, 0.15) is 0 Å². The second kappa shape index (κ2) is 9.38. The van der Waals surface area contributed by atoms with Gasteiger partial charge < -0.3 is 11.5 Å². The molecule has 0 spiro atoms. The van der Waals surface area contributed by atoms with Gasteiger partial charge >= 0.3 is 0 Å². The molecule has 0 amide bonds. The monoisotopic (exact) mass is 252 g/mol. The molecule has 0 saturated carbocycles. The van der Waals surface area contributed by atoms with Crippen LogP contribution >= 0.6 is 0 Å². The van der Waals surface area contributed by atoms with Crippen LogP contribution in [-0.4, -0.2) is 19.6 Å². The van der Waals surface area contributed by atoms with E-state index < -0.39 is 0 Å². The minimum absolute atomic E-state index is 0.566. The van der Waals surface area contributed by atoms with Crippen molar-refractivity contribution in [3.63, 3.8) is 0 Å². The lowest BCUT2D eigenvalue weighted by Crippen LogP contribution is -2.03. The molecule has 2 aromatic heterocycles. The highest BCUT2D eigenvalue weighted by Crippen LogP contribution is 1.91. The third kappa shape index (κ3) is 5.60. The molecule has 0 radical (unpaired) electrons. The van der Waals surface area contributed by atoms with Crippen molar-refractivity contribution in [1.82, 2.24) is 19.6 Å². The van der Waals surface area contributed by atoms with Crippen LogP contribution in [-0.2, 0) is 27.2 Å². The zero-order chi connectivity index (χ0) is 14.0. The van der Waals surface area contributed by atoms with Crippen molar-refractivity contribution in [2.24, 2.45) is 25.6 Å². The molecule has 2 heterocycles. The van der Waals surface area contributed by atoms with Crippen LogP contribution in [0.25, 0.3) is 0 Å². The minimum atomic E-state index is 0.566. The summed E-state index contributed by atoms with van der Waals surface area (Å²) in [6.45, 7) is 5.14. The Bertz CT molecular complexity index is 418. The summed E-state index contributed by atoms with van der Waals surface area (Å²) in [7, 11) is 3.75. The summed E-state index contributed by atoms with van der Waals surface area (Å²) >= 11 is 0. The first-order valence-corrected chi connectivity index (χ1v) is 6.02. The molecule has 0 aliphatic carbocycles. The lowest BCUT2D eigenvalue weighted by molar-refractivity contribution is 0.712. The Hall–Kier alpha value is -1.66. The fourth-order valence-corrected chi connectivity index (χ4v) is 1.18. The lowest BCUT2D eigenvalue weighted by Gasteiger charge is -1.92. The van der Waals surface area contributed by atoms with Gasteiger partial charge in [-0.1, -0.05) is 13.8 Å². The largest absolute Gasteiger partial charge is 0.326 e.